The van der Waals surface area contributed by atoms with Gasteiger partial charge in [-0.3, -0.25) is 4.79 Å². The quantitative estimate of drug-likeness (QED) is 0.921. The number of nitrogens with zero attached hydrogens (tertiary/aromatic N) is 1. The maximum Gasteiger partial charge on any atom is 0.271 e. The predicted octanol–water partition coefficient (Wildman–Crippen LogP) is 3.00. The number of thiazole rings is 1. The van der Waals surface area contributed by atoms with E-state index in [2.05, 4.69) is 10.3 Å². The molecule has 94 valence electrons. The number of hydrogen-bond donors (Lipinski definition) is 1. The van der Waals surface area contributed by atoms with Crippen LogP contribution >= 0.6 is 11.3 Å². The first-order valence-electron chi connectivity index (χ1n) is 5.84. The van der Waals surface area contributed by atoms with E-state index in [4.69, 9.17) is 0 Å². The number of carbonyl (C=O) groups excluding carboxylic acids is 1. The molecule has 0 spiro atoms. The van der Waals surface area contributed by atoms with Gasteiger partial charge in [0, 0.05) is 11.4 Å². The van der Waals surface area contributed by atoms with Crippen molar-refractivity contribution in [2.24, 2.45) is 0 Å². The van der Waals surface area contributed by atoms with Gasteiger partial charge >= 0.3 is 0 Å². The van der Waals surface area contributed by atoms with Gasteiger partial charge in [-0.05, 0) is 26.3 Å². The van der Waals surface area contributed by atoms with Gasteiger partial charge < -0.3 is 5.32 Å². The van der Waals surface area contributed by atoms with Crippen molar-refractivity contribution in [3.63, 3.8) is 0 Å². The molecular weight excluding hydrogens is 244 g/mol. The summed E-state index contributed by atoms with van der Waals surface area (Å²) < 4.78 is 0. The van der Waals surface area contributed by atoms with Crippen LogP contribution in [0.5, 0.6) is 0 Å². The maximum absolute atomic E-state index is 12.0. The zero-order valence-electron chi connectivity index (χ0n) is 10.8. The Balaban J connectivity index is 2.00. The van der Waals surface area contributed by atoms with Crippen LogP contribution < -0.4 is 5.32 Å². The van der Waals surface area contributed by atoms with Crippen molar-refractivity contribution in [2.75, 3.05) is 0 Å². The highest BCUT2D eigenvalue weighted by Gasteiger charge is 2.13. The van der Waals surface area contributed by atoms with E-state index in [1.54, 1.807) is 11.3 Å². The molecule has 3 nitrogen and oxygen atoms in total. The van der Waals surface area contributed by atoms with Crippen LogP contribution in [0, 0.1) is 20.8 Å². The Bertz CT molecular complexity index is 558. The average molecular weight is 260 g/mol. The molecule has 1 aromatic carbocycles. The molecule has 0 bridgehead atoms. The first-order valence-corrected chi connectivity index (χ1v) is 6.65. The lowest BCUT2D eigenvalue weighted by Crippen LogP contribution is -2.23. The Morgan fingerprint density at radius 1 is 1.22 bits per heavy atom. The van der Waals surface area contributed by atoms with Gasteiger partial charge in [0.15, 0.2) is 0 Å². The first kappa shape index (κ1) is 12.8. The van der Waals surface area contributed by atoms with Crippen LogP contribution in [0.3, 0.4) is 0 Å². The van der Waals surface area contributed by atoms with E-state index < -0.39 is 0 Å². The van der Waals surface area contributed by atoms with Crippen molar-refractivity contribution in [1.29, 1.82) is 0 Å². The second-order valence-corrected chi connectivity index (χ2v) is 5.71. The van der Waals surface area contributed by atoms with E-state index >= 15 is 0 Å². The van der Waals surface area contributed by atoms with Crippen molar-refractivity contribution < 1.29 is 4.79 Å². The molecular formula is C14H16N2OS. The molecule has 0 fully saturated rings. The number of rotatable bonds is 3. The fraction of sp³-hybridized carbons (Fsp3) is 0.286. The summed E-state index contributed by atoms with van der Waals surface area (Å²) in [6.07, 6.45) is 0. The van der Waals surface area contributed by atoms with Gasteiger partial charge in [0.05, 0.1) is 5.01 Å². The molecule has 2 aromatic rings. The summed E-state index contributed by atoms with van der Waals surface area (Å²) >= 11 is 1.55. The van der Waals surface area contributed by atoms with Crippen LogP contribution in [-0.4, -0.2) is 10.9 Å². The molecule has 0 saturated heterocycles. The minimum Gasteiger partial charge on any atom is -0.347 e. The van der Waals surface area contributed by atoms with Crippen molar-refractivity contribution in [3.8, 4) is 0 Å². The highest BCUT2D eigenvalue weighted by molar-refractivity contribution is 7.11. The van der Waals surface area contributed by atoms with Gasteiger partial charge in [0.25, 0.3) is 5.91 Å². The number of carbonyl (C=O) groups is 1. The number of amides is 1. The van der Waals surface area contributed by atoms with Gasteiger partial charge in [-0.1, -0.05) is 29.8 Å². The standard InChI is InChI=1S/C14H16N2OS/c1-9-4-6-12(7-5-9)8-15-14(17)13-10(2)18-11(3)16-13/h4-7H,8H2,1-3H3,(H,15,17). The molecule has 2 rings (SSSR count). The third-order valence-electron chi connectivity index (χ3n) is 2.69. The Labute approximate surface area is 111 Å². The van der Waals surface area contributed by atoms with Crippen LogP contribution in [0.4, 0.5) is 0 Å². The lowest BCUT2D eigenvalue weighted by atomic mass is 10.1. The number of aromatic nitrogens is 1. The molecule has 0 saturated carbocycles. The third kappa shape index (κ3) is 2.96. The van der Waals surface area contributed by atoms with Crippen molar-refractivity contribution in [1.82, 2.24) is 10.3 Å². The Hall–Kier alpha value is -1.68. The molecule has 1 amide bonds. The van der Waals surface area contributed by atoms with Crippen molar-refractivity contribution in [2.45, 2.75) is 27.3 Å². The van der Waals surface area contributed by atoms with E-state index in [1.807, 2.05) is 45.0 Å². The van der Waals surface area contributed by atoms with Gasteiger partial charge in [-0.25, -0.2) is 4.98 Å². The van der Waals surface area contributed by atoms with Crippen LogP contribution in [-0.2, 0) is 6.54 Å². The molecule has 1 aromatic heterocycles. The molecule has 1 heterocycles. The van der Waals surface area contributed by atoms with Crippen molar-refractivity contribution in [3.05, 3.63) is 51.0 Å². The number of hydrogen-bond acceptors (Lipinski definition) is 3. The second-order valence-electron chi connectivity index (χ2n) is 4.31. The maximum atomic E-state index is 12.0. The van der Waals surface area contributed by atoms with E-state index in [9.17, 15) is 4.79 Å². The lowest BCUT2D eigenvalue weighted by Gasteiger charge is -2.04. The summed E-state index contributed by atoms with van der Waals surface area (Å²) in [6, 6.07) is 8.13. The summed E-state index contributed by atoms with van der Waals surface area (Å²) in [7, 11) is 0. The van der Waals surface area contributed by atoms with E-state index in [0.717, 1.165) is 15.4 Å². The molecule has 0 radical (unpaired) electrons. The molecule has 18 heavy (non-hydrogen) atoms. The SMILES string of the molecule is Cc1ccc(CNC(=O)c2nc(C)sc2C)cc1. The highest BCUT2D eigenvalue weighted by Crippen LogP contribution is 2.16. The summed E-state index contributed by atoms with van der Waals surface area (Å²) in [4.78, 5) is 17.2. The van der Waals surface area contributed by atoms with E-state index in [0.29, 0.717) is 12.2 Å². The number of nitrogens with one attached hydrogen (secondary N) is 1. The van der Waals surface area contributed by atoms with Crippen LogP contribution in [0.15, 0.2) is 24.3 Å². The first-order chi connectivity index (χ1) is 8.56. The lowest BCUT2D eigenvalue weighted by molar-refractivity contribution is 0.0946. The topological polar surface area (TPSA) is 42.0 Å². The molecule has 0 aliphatic heterocycles. The van der Waals surface area contributed by atoms with E-state index in [1.165, 1.54) is 5.56 Å². The monoisotopic (exact) mass is 260 g/mol. The minimum absolute atomic E-state index is 0.0996. The average Bonchev–Trinajstić information content (AvgIpc) is 2.67. The third-order valence-corrected chi connectivity index (χ3v) is 3.58. The fourth-order valence-corrected chi connectivity index (χ4v) is 2.53. The summed E-state index contributed by atoms with van der Waals surface area (Å²) in [5.74, 6) is -0.0996. The molecule has 0 aliphatic rings. The highest BCUT2D eigenvalue weighted by atomic mass is 32.1. The Morgan fingerprint density at radius 3 is 2.44 bits per heavy atom. The smallest absolute Gasteiger partial charge is 0.271 e. The van der Waals surface area contributed by atoms with Gasteiger partial charge in [-0.15, -0.1) is 11.3 Å². The van der Waals surface area contributed by atoms with Crippen molar-refractivity contribution >= 4 is 17.2 Å². The van der Waals surface area contributed by atoms with Gasteiger partial charge in [0.2, 0.25) is 0 Å². The number of benzene rings is 1. The molecule has 0 aliphatic carbocycles. The predicted molar refractivity (Wildman–Crippen MR) is 73.9 cm³/mol. The zero-order chi connectivity index (χ0) is 13.1. The normalized spacial score (nSPS) is 10.4. The molecule has 4 heteroatoms. The minimum atomic E-state index is -0.0996. The Kier molecular flexibility index (Phi) is 3.77. The zero-order valence-corrected chi connectivity index (χ0v) is 11.6. The second kappa shape index (κ2) is 5.31. The molecule has 0 unspecified atom stereocenters. The summed E-state index contributed by atoms with van der Waals surface area (Å²) in [6.45, 7) is 6.42. The molecule has 0 atom stereocenters. The summed E-state index contributed by atoms with van der Waals surface area (Å²) in [5, 5.41) is 3.82. The van der Waals surface area contributed by atoms with Crippen LogP contribution in [0.25, 0.3) is 0 Å². The van der Waals surface area contributed by atoms with Gasteiger partial charge in [-0.2, -0.15) is 0 Å². The molecule has 1 N–H and O–H groups in total. The van der Waals surface area contributed by atoms with Crippen LogP contribution in [0.1, 0.15) is 31.5 Å². The van der Waals surface area contributed by atoms with E-state index in [-0.39, 0.29) is 5.91 Å². The van der Waals surface area contributed by atoms with Crippen LogP contribution in [0.2, 0.25) is 0 Å². The number of aryl methyl sites for hydroxylation is 3. The van der Waals surface area contributed by atoms with Gasteiger partial charge in [0.1, 0.15) is 5.69 Å². The fourth-order valence-electron chi connectivity index (χ4n) is 1.71. The Morgan fingerprint density at radius 2 is 1.89 bits per heavy atom. The summed E-state index contributed by atoms with van der Waals surface area (Å²) in [5.41, 5.74) is 2.86. The largest absolute Gasteiger partial charge is 0.347 e.